The molecule has 0 spiro atoms. The van der Waals surface area contributed by atoms with Gasteiger partial charge in [-0.25, -0.2) is 0 Å². The highest BCUT2D eigenvalue weighted by atomic mass is 32.2. The first-order valence-corrected chi connectivity index (χ1v) is 5.75. The molecule has 0 N–H and O–H groups in total. The lowest BCUT2D eigenvalue weighted by atomic mass is 10.3. The monoisotopic (exact) mass is 250 g/mol. The van der Waals surface area contributed by atoms with E-state index in [9.17, 15) is 10.1 Å². The molecule has 0 bridgehead atoms. The number of aromatic nitrogens is 1. The predicted molar refractivity (Wildman–Crippen MR) is 63.2 cm³/mol. The molecule has 0 saturated carbocycles. The highest BCUT2D eigenvalue weighted by Crippen LogP contribution is 2.37. The maximum Gasteiger partial charge on any atom is 0.283 e. The molecule has 6 heteroatoms. The standard InChI is InChI=1S/C11H10N2O3S/c1-7-11(8(2)16-12-7)17-10-6-4-3-5-9(10)13(14)15/h3-6H,1-2H3. The Morgan fingerprint density at radius 1 is 1.35 bits per heavy atom. The minimum atomic E-state index is -0.388. The molecule has 0 atom stereocenters. The van der Waals surface area contributed by atoms with Gasteiger partial charge in [0.15, 0.2) is 0 Å². The van der Waals surface area contributed by atoms with Crippen molar-refractivity contribution in [3.8, 4) is 0 Å². The number of nitrogens with zero attached hydrogens (tertiary/aromatic N) is 2. The van der Waals surface area contributed by atoms with E-state index in [-0.39, 0.29) is 10.6 Å². The van der Waals surface area contributed by atoms with Crippen molar-refractivity contribution < 1.29 is 9.45 Å². The highest BCUT2D eigenvalue weighted by molar-refractivity contribution is 7.99. The van der Waals surface area contributed by atoms with Crippen molar-refractivity contribution in [3.63, 3.8) is 0 Å². The molecule has 0 aliphatic heterocycles. The van der Waals surface area contributed by atoms with Crippen molar-refractivity contribution in [2.75, 3.05) is 0 Å². The van der Waals surface area contributed by atoms with E-state index in [1.807, 2.05) is 6.92 Å². The maximum absolute atomic E-state index is 10.9. The van der Waals surface area contributed by atoms with Gasteiger partial charge in [0.25, 0.3) is 5.69 Å². The van der Waals surface area contributed by atoms with Crippen molar-refractivity contribution >= 4 is 17.4 Å². The molecular formula is C11H10N2O3S. The smallest absolute Gasteiger partial charge is 0.283 e. The number of nitro benzene ring substituents is 1. The van der Waals surface area contributed by atoms with Crippen LogP contribution in [0, 0.1) is 24.0 Å². The van der Waals surface area contributed by atoms with Crippen LogP contribution in [0.5, 0.6) is 0 Å². The van der Waals surface area contributed by atoms with E-state index in [4.69, 9.17) is 4.52 Å². The van der Waals surface area contributed by atoms with Crippen LogP contribution >= 0.6 is 11.8 Å². The second-order valence-electron chi connectivity index (χ2n) is 3.48. The number of hydrogen-bond donors (Lipinski definition) is 0. The lowest BCUT2D eigenvalue weighted by Gasteiger charge is -2.01. The van der Waals surface area contributed by atoms with E-state index in [1.165, 1.54) is 17.8 Å². The molecule has 0 unspecified atom stereocenters. The van der Waals surface area contributed by atoms with Gasteiger partial charge in [-0.05, 0) is 19.9 Å². The zero-order valence-electron chi connectivity index (χ0n) is 9.34. The number of hydrogen-bond acceptors (Lipinski definition) is 5. The fourth-order valence-electron chi connectivity index (χ4n) is 1.42. The Bertz CT molecular complexity index is 546. The van der Waals surface area contributed by atoms with Gasteiger partial charge in [0.1, 0.15) is 5.76 Å². The van der Waals surface area contributed by atoms with Gasteiger partial charge < -0.3 is 4.52 Å². The van der Waals surface area contributed by atoms with E-state index < -0.39 is 0 Å². The average Bonchev–Trinajstić information content (AvgIpc) is 2.61. The average molecular weight is 250 g/mol. The summed E-state index contributed by atoms with van der Waals surface area (Å²) in [4.78, 5) is 11.9. The number of nitro groups is 1. The zero-order chi connectivity index (χ0) is 12.4. The Balaban J connectivity index is 2.40. The molecule has 1 heterocycles. The molecule has 2 aromatic rings. The fourth-order valence-corrected chi connectivity index (χ4v) is 2.40. The molecule has 0 aliphatic rings. The van der Waals surface area contributed by atoms with E-state index in [0.29, 0.717) is 10.7 Å². The van der Waals surface area contributed by atoms with E-state index in [1.54, 1.807) is 25.1 Å². The lowest BCUT2D eigenvalue weighted by molar-refractivity contribution is -0.387. The van der Waals surface area contributed by atoms with Crippen LogP contribution < -0.4 is 0 Å². The second kappa shape index (κ2) is 4.58. The molecule has 88 valence electrons. The first-order chi connectivity index (χ1) is 8.09. The van der Waals surface area contributed by atoms with Gasteiger partial charge in [0.2, 0.25) is 0 Å². The van der Waals surface area contributed by atoms with Gasteiger partial charge in [0, 0.05) is 6.07 Å². The first-order valence-electron chi connectivity index (χ1n) is 4.93. The van der Waals surface area contributed by atoms with Crippen LogP contribution in [-0.2, 0) is 0 Å². The SMILES string of the molecule is Cc1noc(C)c1Sc1ccccc1[N+](=O)[O-]. The third-order valence-electron chi connectivity index (χ3n) is 2.24. The predicted octanol–water partition coefficient (Wildman–Crippen LogP) is 3.35. The minimum absolute atomic E-state index is 0.0949. The molecule has 0 aliphatic carbocycles. The summed E-state index contributed by atoms with van der Waals surface area (Å²) in [5, 5.41) is 14.7. The van der Waals surface area contributed by atoms with E-state index in [0.717, 1.165) is 10.6 Å². The molecule has 0 fully saturated rings. The summed E-state index contributed by atoms with van der Waals surface area (Å²) < 4.78 is 5.03. The van der Waals surface area contributed by atoms with Crippen LogP contribution in [-0.4, -0.2) is 10.1 Å². The van der Waals surface area contributed by atoms with Crippen LogP contribution in [0.25, 0.3) is 0 Å². The van der Waals surface area contributed by atoms with E-state index in [2.05, 4.69) is 5.16 Å². The Hall–Kier alpha value is -1.82. The summed E-state index contributed by atoms with van der Waals surface area (Å²) in [6.07, 6.45) is 0. The number of benzene rings is 1. The molecule has 0 radical (unpaired) electrons. The van der Waals surface area contributed by atoms with Crippen LogP contribution in [0.3, 0.4) is 0 Å². The Labute approximate surface area is 102 Å². The summed E-state index contributed by atoms with van der Waals surface area (Å²) in [7, 11) is 0. The maximum atomic E-state index is 10.9. The van der Waals surface area contributed by atoms with E-state index >= 15 is 0 Å². The number of para-hydroxylation sites is 1. The van der Waals surface area contributed by atoms with Crippen LogP contribution in [0.1, 0.15) is 11.5 Å². The van der Waals surface area contributed by atoms with Gasteiger partial charge in [-0.1, -0.05) is 29.1 Å². The summed E-state index contributed by atoms with van der Waals surface area (Å²) in [6.45, 7) is 3.60. The van der Waals surface area contributed by atoms with Gasteiger partial charge in [-0.15, -0.1) is 0 Å². The largest absolute Gasteiger partial charge is 0.360 e. The Morgan fingerprint density at radius 2 is 2.06 bits per heavy atom. The summed E-state index contributed by atoms with van der Waals surface area (Å²) >= 11 is 1.30. The van der Waals surface area contributed by atoms with Gasteiger partial charge in [0.05, 0.1) is 20.4 Å². The highest BCUT2D eigenvalue weighted by Gasteiger charge is 2.17. The summed E-state index contributed by atoms with van der Waals surface area (Å²) in [6, 6.07) is 6.62. The number of aryl methyl sites for hydroxylation is 2. The molecule has 0 saturated heterocycles. The topological polar surface area (TPSA) is 69.2 Å². The van der Waals surface area contributed by atoms with Crippen LogP contribution in [0.4, 0.5) is 5.69 Å². The number of rotatable bonds is 3. The van der Waals surface area contributed by atoms with Crippen molar-refractivity contribution in [1.29, 1.82) is 0 Å². The fraction of sp³-hybridized carbons (Fsp3) is 0.182. The Morgan fingerprint density at radius 3 is 2.65 bits per heavy atom. The van der Waals surface area contributed by atoms with Crippen molar-refractivity contribution in [1.82, 2.24) is 5.16 Å². The van der Waals surface area contributed by atoms with Crippen LogP contribution in [0.2, 0.25) is 0 Å². The molecule has 1 aromatic carbocycles. The molecule has 2 rings (SSSR count). The third-order valence-corrected chi connectivity index (χ3v) is 3.59. The normalized spacial score (nSPS) is 10.5. The third kappa shape index (κ3) is 2.31. The van der Waals surface area contributed by atoms with Crippen LogP contribution in [0.15, 0.2) is 38.6 Å². The van der Waals surface area contributed by atoms with Crippen molar-refractivity contribution in [2.24, 2.45) is 0 Å². The second-order valence-corrected chi connectivity index (χ2v) is 4.53. The summed E-state index contributed by atoms with van der Waals surface area (Å²) in [5.41, 5.74) is 0.836. The lowest BCUT2D eigenvalue weighted by Crippen LogP contribution is -1.90. The minimum Gasteiger partial charge on any atom is -0.360 e. The first kappa shape index (κ1) is 11.7. The Kier molecular flexibility index (Phi) is 3.14. The quantitative estimate of drug-likeness (QED) is 0.617. The van der Waals surface area contributed by atoms with Gasteiger partial charge in [-0.2, -0.15) is 0 Å². The van der Waals surface area contributed by atoms with Gasteiger partial charge in [-0.3, -0.25) is 10.1 Å². The zero-order valence-corrected chi connectivity index (χ0v) is 10.2. The molecular weight excluding hydrogens is 240 g/mol. The van der Waals surface area contributed by atoms with Gasteiger partial charge >= 0.3 is 0 Å². The molecule has 5 nitrogen and oxygen atoms in total. The molecule has 0 amide bonds. The summed E-state index contributed by atoms with van der Waals surface area (Å²) in [5.74, 6) is 0.672. The van der Waals surface area contributed by atoms with Crippen molar-refractivity contribution in [2.45, 2.75) is 23.6 Å². The molecule has 1 aromatic heterocycles. The molecule has 17 heavy (non-hydrogen) atoms. The van der Waals surface area contributed by atoms with Crippen molar-refractivity contribution in [3.05, 3.63) is 45.8 Å².